The standard InChI is InChI=1S/C63H58O2/c1-37(2)63(27-9-10-28-64-35-48-36-65-48)55-33-40(49-21-15-38-11-13-42-29-46(61(3,4)5)31-44-19-25-53(49)59(38)57(42)44)17-23-51(55)52-24-18-41(34-56(52)63)50-22-16-39-12-14-43-30-47(62(6,7)8)32-45-20-26-54(50)60(39)58(43)45/h11-26,29-34,48H,1,9-10,27-28,35-36H2,2-8H3. The predicted molar refractivity (Wildman–Crippen MR) is 278 cm³/mol. The number of rotatable bonds is 10. The van der Waals surface area contributed by atoms with Gasteiger partial charge in [0.25, 0.3) is 0 Å². The Morgan fingerprint density at radius 1 is 0.538 bits per heavy atom. The number of hydrogen-bond acceptors (Lipinski definition) is 2. The Morgan fingerprint density at radius 2 is 0.954 bits per heavy atom. The molecule has 65 heavy (non-hydrogen) atoms. The molecule has 1 aliphatic heterocycles. The van der Waals surface area contributed by atoms with Crippen LogP contribution in [0.2, 0.25) is 0 Å². The van der Waals surface area contributed by atoms with Crippen molar-refractivity contribution in [2.75, 3.05) is 19.8 Å². The van der Waals surface area contributed by atoms with Gasteiger partial charge in [0.15, 0.2) is 0 Å². The fourth-order valence-corrected chi connectivity index (χ4v) is 11.7. The van der Waals surface area contributed by atoms with E-state index in [1.54, 1.807) is 0 Å². The summed E-state index contributed by atoms with van der Waals surface area (Å²) in [7, 11) is 0. The van der Waals surface area contributed by atoms with Gasteiger partial charge in [-0.3, -0.25) is 0 Å². The molecule has 0 N–H and O–H groups in total. The minimum absolute atomic E-state index is 0.0748. The quantitative estimate of drug-likeness (QED) is 0.0592. The van der Waals surface area contributed by atoms with E-state index in [0.717, 1.165) is 32.5 Å². The van der Waals surface area contributed by atoms with Crippen molar-refractivity contribution in [1.29, 1.82) is 0 Å². The highest BCUT2D eigenvalue weighted by Gasteiger charge is 2.44. The van der Waals surface area contributed by atoms with E-state index < -0.39 is 0 Å². The van der Waals surface area contributed by atoms with Crippen LogP contribution in [0.15, 0.2) is 146 Å². The molecule has 10 aromatic rings. The van der Waals surface area contributed by atoms with Crippen LogP contribution < -0.4 is 0 Å². The summed E-state index contributed by atoms with van der Waals surface area (Å²) >= 11 is 0. The van der Waals surface area contributed by atoms with Gasteiger partial charge < -0.3 is 9.47 Å². The Bertz CT molecular complexity index is 3300. The molecule has 0 bridgehead atoms. The third-order valence-electron chi connectivity index (χ3n) is 15.3. The van der Waals surface area contributed by atoms with Crippen LogP contribution in [0.25, 0.3) is 98.0 Å². The number of epoxide rings is 1. The van der Waals surface area contributed by atoms with E-state index in [1.165, 1.54) is 126 Å². The lowest BCUT2D eigenvalue weighted by Crippen LogP contribution is -2.27. The lowest BCUT2D eigenvalue weighted by atomic mass is 9.69. The van der Waals surface area contributed by atoms with Crippen molar-refractivity contribution in [2.24, 2.45) is 0 Å². The van der Waals surface area contributed by atoms with Crippen LogP contribution >= 0.6 is 0 Å². The summed E-state index contributed by atoms with van der Waals surface area (Å²) in [4.78, 5) is 0. The fourth-order valence-electron chi connectivity index (χ4n) is 11.7. The molecule has 2 nitrogen and oxygen atoms in total. The average molecular weight is 847 g/mol. The Hall–Kier alpha value is -6.06. The van der Waals surface area contributed by atoms with E-state index >= 15 is 0 Å². The molecular formula is C63H58O2. The molecule has 0 amide bonds. The van der Waals surface area contributed by atoms with E-state index in [2.05, 4.69) is 182 Å². The Morgan fingerprint density at radius 3 is 1.38 bits per heavy atom. The summed E-state index contributed by atoms with van der Waals surface area (Å²) in [6.07, 6.45) is 3.26. The summed E-state index contributed by atoms with van der Waals surface area (Å²) < 4.78 is 11.5. The SMILES string of the molecule is C=C(C)C1(CCCCOCC2CO2)c2cc(-c3ccc4ccc5cc(C(C)(C)C)cc6ccc3c4c56)ccc2-c2ccc(-c3ccc4ccc5cc(C(C)(C)C)cc6ccc3c4c56)cc21. The predicted octanol–water partition coefficient (Wildman–Crippen LogP) is 16.8. The summed E-state index contributed by atoms with van der Waals surface area (Å²) in [5.41, 5.74) is 14.2. The maximum absolute atomic E-state index is 6.09. The highest BCUT2D eigenvalue weighted by Crippen LogP contribution is 2.57. The van der Waals surface area contributed by atoms with Crippen LogP contribution in [-0.4, -0.2) is 25.9 Å². The van der Waals surface area contributed by atoms with Gasteiger partial charge in [-0.1, -0.05) is 175 Å². The number of fused-ring (bicyclic) bond motifs is 3. The molecule has 1 atom stereocenters. The first-order chi connectivity index (χ1) is 31.3. The lowest BCUT2D eigenvalue weighted by Gasteiger charge is -2.34. The minimum atomic E-state index is -0.365. The zero-order chi connectivity index (χ0) is 44.6. The zero-order valence-electron chi connectivity index (χ0n) is 39.0. The molecule has 2 heteroatoms. The number of benzene rings is 10. The van der Waals surface area contributed by atoms with E-state index in [9.17, 15) is 0 Å². The van der Waals surface area contributed by atoms with Gasteiger partial charge >= 0.3 is 0 Å². The van der Waals surface area contributed by atoms with E-state index in [-0.39, 0.29) is 22.3 Å². The third-order valence-corrected chi connectivity index (χ3v) is 15.3. The van der Waals surface area contributed by atoms with Crippen LogP contribution in [-0.2, 0) is 25.7 Å². The first-order valence-electron chi connectivity index (χ1n) is 23.9. The smallest absolute Gasteiger partial charge is 0.104 e. The molecule has 0 radical (unpaired) electrons. The maximum Gasteiger partial charge on any atom is 0.104 e. The van der Waals surface area contributed by atoms with Crippen LogP contribution in [0.3, 0.4) is 0 Å². The molecular weight excluding hydrogens is 789 g/mol. The van der Waals surface area contributed by atoms with Crippen molar-refractivity contribution in [2.45, 2.75) is 90.1 Å². The second-order valence-electron chi connectivity index (χ2n) is 21.6. The highest BCUT2D eigenvalue weighted by molar-refractivity contribution is 6.27. The van der Waals surface area contributed by atoms with Crippen LogP contribution in [0.5, 0.6) is 0 Å². The number of unbranched alkanes of at least 4 members (excludes halogenated alkanes) is 1. The molecule has 1 saturated heterocycles. The summed E-state index contributed by atoms with van der Waals surface area (Å²) in [5.74, 6) is 0. The Labute approximate surface area is 383 Å². The van der Waals surface area contributed by atoms with Gasteiger partial charge in [-0.25, -0.2) is 0 Å². The van der Waals surface area contributed by atoms with E-state index in [1.807, 2.05) is 0 Å². The van der Waals surface area contributed by atoms with Crippen molar-refractivity contribution in [3.63, 3.8) is 0 Å². The van der Waals surface area contributed by atoms with E-state index in [4.69, 9.17) is 16.1 Å². The van der Waals surface area contributed by atoms with Crippen molar-refractivity contribution in [1.82, 2.24) is 0 Å². The normalized spacial score (nSPS) is 15.9. The molecule has 10 aromatic carbocycles. The number of ether oxygens (including phenoxy) is 2. The average Bonchev–Trinajstić information content (AvgIpc) is 4.08. The molecule has 0 saturated carbocycles. The maximum atomic E-state index is 6.09. The molecule has 1 heterocycles. The molecule has 1 aliphatic carbocycles. The minimum Gasteiger partial charge on any atom is -0.379 e. The summed E-state index contributed by atoms with van der Waals surface area (Å²) in [5, 5.41) is 15.9. The summed E-state index contributed by atoms with van der Waals surface area (Å²) in [6, 6.07) is 52.3. The van der Waals surface area contributed by atoms with Crippen LogP contribution in [0.4, 0.5) is 0 Å². The molecule has 0 spiro atoms. The molecule has 1 fully saturated rings. The topological polar surface area (TPSA) is 21.8 Å². The molecule has 1 unspecified atom stereocenters. The van der Waals surface area contributed by atoms with Gasteiger partial charge in [-0.2, -0.15) is 0 Å². The molecule has 322 valence electrons. The van der Waals surface area contributed by atoms with Gasteiger partial charge in [-0.05, 0) is 169 Å². The fraction of sp³-hybridized carbons (Fsp3) is 0.270. The highest BCUT2D eigenvalue weighted by atomic mass is 16.6. The van der Waals surface area contributed by atoms with Crippen LogP contribution in [0.1, 0.15) is 90.0 Å². The van der Waals surface area contributed by atoms with Gasteiger partial charge in [0, 0.05) is 12.0 Å². The van der Waals surface area contributed by atoms with Crippen molar-refractivity contribution in [3.8, 4) is 33.4 Å². The van der Waals surface area contributed by atoms with Gasteiger partial charge in [-0.15, -0.1) is 0 Å². The second-order valence-corrected chi connectivity index (χ2v) is 21.6. The number of allylic oxidation sites excluding steroid dienone is 1. The largest absolute Gasteiger partial charge is 0.379 e. The van der Waals surface area contributed by atoms with Crippen molar-refractivity contribution >= 4 is 64.6 Å². The lowest BCUT2D eigenvalue weighted by molar-refractivity contribution is 0.112. The van der Waals surface area contributed by atoms with Gasteiger partial charge in [0.1, 0.15) is 6.10 Å². The monoisotopic (exact) mass is 846 g/mol. The molecule has 0 aromatic heterocycles. The Kier molecular flexibility index (Phi) is 9.00. The van der Waals surface area contributed by atoms with Gasteiger partial charge in [0.05, 0.1) is 13.2 Å². The van der Waals surface area contributed by atoms with Crippen LogP contribution in [0, 0.1) is 0 Å². The van der Waals surface area contributed by atoms with Gasteiger partial charge in [0.2, 0.25) is 0 Å². The Balaban J connectivity index is 1.01. The zero-order valence-corrected chi connectivity index (χ0v) is 39.0. The van der Waals surface area contributed by atoms with Crippen molar-refractivity contribution in [3.05, 3.63) is 168 Å². The summed E-state index contributed by atoms with van der Waals surface area (Å²) in [6.45, 7) is 23.2. The molecule has 2 aliphatic rings. The van der Waals surface area contributed by atoms with Crippen molar-refractivity contribution < 1.29 is 9.47 Å². The molecule has 12 rings (SSSR count). The van der Waals surface area contributed by atoms with E-state index in [0.29, 0.717) is 6.61 Å². The number of hydrogen-bond donors (Lipinski definition) is 0. The third kappa shape index (κ3) is 6.35. The first kappa shape index (κ1) is 40.4. The second kappa shape index (κ2) is 14.5. The first-order valence-corrected chi connectivity index (χ1v) is 23.9.